The van der Waals surface area contributed by atoms with E-state index in [1.54, 1.807) is 6.92 Å². The zero-order valence-corrected chi connectivity index (χ0v) is 8.90. The Morgan fingerprint density at radius 2 is 2.25 bits per heavy atom. The molecule has 2 rings (SSSR count). The Hall–Kier alpha value is -1.78. The van der Waals surface area contributed by atoms with Crippen LogP contribution in [0.4, 0.5) is 0 Å². The lowest BCUT2D eigenvalue weighted by Crippen LogP contribution is -2.53. The van der Waals surface area contributed by atoms with Gasteiger partial charge in [0, 0.05) is 0 Å². The largest absolute Gasteiger partial charge is 0.480 e. The minimum Gasteiger partial charge on any atom is -0.480 e. The predicted molar refractivity (Wildman–Crippen MR) is 54.9 cm³/mol. The van der Waals surface area contributed by atoms with Gasteiger partial charge in [0.05, 0.1) is 11.8 Å². The highest BCUT2D eigenvalue weighted by molar-refractivity contribution is 5.97. The number of carbonyl (C=O) groups excluding carboxylic acids is 1. The van der Waals surface area contributed by atoms with E-state index >= 15 is 0 Å². The third-order valence-electron chi connectivity index (χ3n) is 2.99. The normalized spacial score (nSPS) is 18.8. The van der Waals surface area contributed by atoms with Crippen molar-refractivity contribution in [3.63, 3.8) is 0 Å². The number of carboxylic acids is 1. The molecule has 1 atom stereocenters. The van der Waals surface area contributed by atoms with Gasteiger partial charge in [-0.15, -0.1) is 0 Å². The monoisotopic (exact) mass is 223 g/mol. The van der Waals surface area contributed by atoms with E-state index in [-0.39, 0.29) is 5.92 Å². The molecule has 1 fully saturated rings. The first-order chi connectivity index (χ1) is 7.54. The van der Waals surface area contributed by atoms with Crippen molar-refractivity contribution in [1.29, 1.82) is 0 Å². The lowest BCUT2D eigenvalue weighted by molar-refractivity contribution is -0.144. The van der Waals surface area contributed by atoms with Crippen molar-refractivity contribution in [3.05, 3.63) is 24.2 Å². The number of hydrogen-bond acceptors (Lipinski definition) is 3. The van der Waals surface area contributed by atoms with Crippen LogP contribution in [-0.4, -0.2) is 22.5 Å². The number of furan rings is 1. The fourth-order valence-electron chi connectivity index (χ4n) is 1.69. The first-order valence-electron chi connectivity index (χ1n) is 5.12. The molecule has 0 saturated heterocycles. The summed E-state index contributed by atoms with van der Waals surface area (Å²) in [6, 6.07) is 1.50. The number of hydrogen-bond donors (Lipinski definition) is 2. The number of amides is 1. The molecule has 1 saturated carbocycles. The average Bonchev–Trinajstić information content (AvgIpc) is 2.94. The van der Waals surface area contributed by atoms with Crippen LogP contribution in [0, 0.1) is 5.92 Å². The summed E-state index contributed by atoms with van der Waals surface area (Å²) >= 11 is 0. The van der Waals surface area contributed by atoms with Crippen LogP contribution in [0.5, 0.6) is 0 Å². The van der Waals surface area contributed by atoms with Crippen LogP contribution in [0.2, 0.25) is 0 Å². The zero-order valence-electron chi connectivity index (χ0n) is 8.90. The molecule has 5 heteroatoms. The SMILES string of the molecule is CC(NC(=O)c1ccoc1)(C(=O)O)C1CC1. The molecule has 5 nitrogen and oxygen atoms in total. The van der Waals surface area contributed by atoms with E-state index in [0.29, 0.717) is 5.56 Å². The Balaban J connectivity index is 2.12. The number of nitrogens with one attached hydrogen (secondary N) is 1. The molecule has 0 radical (unpaired) electrons. The third kappa shape index (κ3) is 1.80. The highest BCUT2D eigenvalue weighted by Gasteiger charge is 2.48. The maximum atomic E-state index is 11.7. The van der Waals surface area contributed by atoms with E-state index in [4.69, 9.17) is 9.52 Å². The van der Waals surface area contributed by atoms with E-state index in [2.05, 4.69) is 5.32 Å². The molecule has 0 aliphatic heterocycles. The smallest absolute Gasteiger partial charge is 0.329 e. The van der Waals surface area contributed by atoms with Crippen LogP contribution >= 0.6 is 0 Å². The van der Waals surface area contributed by atoms with Crippen molar-refractivity contribution < 1.29 is 19.1 Å². The Morgan fingerprint density at radius 1 is 1.56 bits per heavy atom. The molecular weight excluding hydrogens is 210 g/mol. The molecule has 1 aromatic heterocycles. The van der Waals surface area contributed by atoms with Crippen LogP contribution in [-0.2, 0) is 4.79 Å². The molecule has 1 heterocycles. The summed E-state index contributed by atoms with van der Waals surface area (Å²) in [5.74, 6) is -1.38. The van der Waals surface area contributed by atoms with Crippen LogP contribution in [0.3, 0.4) is 0 Å². The lowest BCUT2D eigenvalue weighted by atomic mass is 9.95. The Labute approximate surface area is 92.4 Å². The molecule has 0 aromatic carbocycles. The molecule has 0 bridgehead atoms. The fraction of sp³-hybridized carbons (Fsp3) is 0.455. The van der Waals surface area contributed by atoms with Gasteiger partial charge in [-0.1, -0.05) is 0 Å². The lowest BCUT2D eigenvalue weighted by Gasteiger charge is -2.25. The van der Waals surface area contributed by atoms with Gasteiger partial charge in [-0.05, 0) is 31.7 Å². The summed E-state index contributed by atoms with van der Waals surface area (Å²) in [6.45, 7) is 1.55. The summed E-state index contributed by atoms with van der Waals surface area (Å²) < 4.78 is 4.78. The van der Waals surface area contributed by atoms with Crippen LogP contribution in [0.1, 0.15) is 30.1 Å². The van der Waals surface area contributed by atoms with Gasteiger partial charge in [-0.3, -0.25) is 4.79 Å². The Kier molecular flexibility index (Phi) is 2.46. The van der Waals surface area contributed by atoms with Gasteiger partial charge in [-0.2, -0.15) is 0 Å². The van der Waals surface area contributed by atoms with Crippen LogP contribution in [0.25, 0.3) is 0 Å². The molecular formula is C11H13NO4. The molecule has 2 N–H and O–H groups in total. The fourth-order valence-corrected chi connectivity index (χ4v) is 1.69. The Morgan fingerprint density at radius 3 is 2.69 bits per heavy atom. The number of rotatable bonds is 4. The van der Waals surface area contributed by atoms with Crippen molar-refractivity contribution in [2.24, 2.45) is 5.92 Å². The summed E-state index contributed by atoms with van der Waals surface area (Å²) in [5, 5.41) is 11.7. The molecule has 0 spiro atoms. The topological polar surface area (TPSA) is 79.5 Å². The van der Waals surface area contributed by atoms with E-state index in [1.165, 1.54) is 18.6 Å². The van der Waals surface area contributed by atoms with Crippen molar-refractivity contribution in [2.75, 3.05) is 0 Å². The van der Waals surface area contributed by atoms with Gasteiger partial charge in [0.25, 0.3) is 5.91 Å². The van der Waals surface area contributed by atoms with Gasteiger partial charge < -0.3 is 14.8 Å². The van der Waals surface area contributed by atoms with Crippen molar-refractivity contribution >= 4 is 11.9 Å². The van der Waals surface area contributed by atoms with E-state index in [9.17, 15) is 9.59 Å². The zero-order chi connectivity index (χ0) is 11.8. The predicted octanol–water partition coefficient (Wildman–Crippen LogP) is 1.26. The second-order valence-corrected chi connectivity index (χ2v) is 4.25. The molecule has 1 amide bonds. The molecule has 86 valence electrons. The summed E-state index contributed by atoms with van der Waals surface area (Å²) in [4.78, 5) is 22.9. The molecule has 1 aromatic rings. The van der Waals surface area contributed by atoms with Crippen molar-refractivity contribution in [2.45, 2.75) is 25.3 Å². The highest BCUT2D eigenvalue weighted by atomic mass is 16.4. The maximum Gasteiger partial charge on any atom is 0.329 e. The number of aliphatic carboxylic acids is 1. The second-order valence-electron chi connectivity index (χ2n) is 4.25. The molecule has 1 aliphatic carbocycles. The summed E-state index contributed by atoms with van der Waals surface area (Å²) in [7, 11) is 0. The van der Waals surface area contributed by atoms with Crippen molar-refractivity contribution in [1.82, 2.24) is 5.32 Å². The maximum absolute atomic E-state index is 11.7. The van der Waals surface area contributed by atoms with E-state index < -0.39 is 17.4 Å². The Bertz CT molecular complexity index is 408. The van der Waals surface area contributed by atoms with Gasteiger partial charge in [0.15, 0.2) is 0 Å². The van der Waals surface area contributed by atoms with Gasteiger partial charge in [0.2, 0.25) is 0 Å². The van der Waals surface area contributed by atoms with Crippen LogP contribution in [0.15, 0.2) is 23.0 Å². The summed E-state index contributed by atoms with van der Waals surface area (Å²) in [5.41, 5.74) is -0.831. The van der Waals surface area contributed by atoms with Gasteiger partial charge in [0.1, 0.15) is 11.8 Å². The molecule has 16 heavy (non-hydrogen) atoms. The quantitative estimate of drug-likeness (QED) is 0.805. The highest BCUT2D eigenvalue weighted by Crippen LogP contribution is 2.39. The van der Waals surface area contributed by atoms with Crippen LogP contribution < -0.4 is 5.32 Å². The van der Waals surface area contributed by atoms with Gasteiger partial charge in [-0.25, -0.2) is 4.79 Å². The summed E-state index contributed by atoms with van der Waals surface area (Å²) in [6.07, 6.45) is 4.36. The minimum absolute atomic E-state index is 0.0286. The van der Waals surface area contributed by atoms with Gasteiger partial charge >= 0.3 is 5.97 Å². The van der Waals surface area contributed by atoms with Crippen molar-refractivity contribution in [3.8, 4) is 0 Å². The first-order valence-corrected chi connectivity index (χ1v) is 5.12. The third-order valence-corrected chi connectivity index (χ3v) is 2.99. The van der Waals surface area contributed by atoms with E-state index in [0.717, 1.165) is 12.8 Å². The average molecular weight is 223 g/mol. The number of carboxylic acid groups (broad SMARTS) is 1. The molecule has 1 aliphatic rings. The standard InChI is InChI=1S/C11H13NO4/c1-11(10(14)15,8-2-3-8)12-9(13)7-4-5-16-6-7/h4-6,8H,2-3H2,1H3,(H,12,13)(H,14,15). The molecule has 1 unspecified atom stereocenters. The number of carbonyl (C=O) groups is 2. The van der Waals surface area contributed by atoms with E-state index in [1.807, 2.05) is 0 Å². The minimum atomic E-state index is -1.17. The second kappa shape index (κ2) is 3.66. The first kappa shape index (κ1) is 10.7.